The lowest BCUT2D eigenvalue weighted by atomic mass is 9.95. The molecule has 54 heavy (non-hydrogen) atoms. The van der Waals surface area contributed by atoms with Crippen LogP contribution in [0, 0.1) is 35.1 Å². The van der Waals surface area contributed by atoms with E-state index in [-0.39, 0.29) is 43.3 Å². The third-order valence-corrected chi connectivity index (χ3v) is 7.90. The lowest BCUT2D eigenvalue weighted by Gasteiger charge is -2.26. The van der Waals surface area contributed by atoms with Crippen LogP contribution >= 0.6 is 0 Å². The SMILES string of the molecule is CCOC(=O)C1C[C@@H]([C@H](Cc2cc(F)cc(F)c2)NC(=O)OC(C)(C)C)OC1=O.C[C@H]1C[C@@H]([C@H](Cc2cc(F)cc(F)c2)NC(=O)OC(C)(C)C)OC1=O. The number of cyclic esters (lactones) is 2. The van der Waals surface area contributed by atoms with Crippen LogP contribution in [0.1, 0.15) is 79.4 Å². The maximum atomic E-state index is 13.6. The van der Waals surface area contributed by atoms with Gasteiger partial charge in [-0.15, -0.1) is 0 Å². The topological polar surface area (TPSA) is 156 Å². The molecule has 298 valence electrons. The highest BCUT2D eigenvalue weighted by atomic mass is 19.1. The van der Waals surface area contributed by atoms with Crippen molar-refractivity contribution in [1.29, 1.82) is 0 Å². The van der Waals surface area contributed by atoms with Crippen molar-refractivity contribution in [2.75, 3.05) is 6.61 Å². The van der Waals surface area contributed by atoms with Gasteiger partial charge >= 0.3 is 30.1 Å². The summed E-state index contributed by atoms with van der Waals surface area (Å²) >= 11 is 0. The Morgan fingerprint density at radius 2 is 1.09 bits per heavy atom. The number of halogens is 4. The number of hydrogen-bond donors (Lipinski definition) is 2. The Labute approximate surface area is 311 Å². The Morgan fingerprint density at radius 1 is 0.704 bits per heavy atom. The number of hydrogen-bond acceptors (Lipinski definition) is 10. The molecule has 0 bridgehead atoms. The number of carbonyl (C=O) groups excluding carboxylic acids is 5. The van der Waals surface area contributed by atoms with Gasteiger partial charge in [-0.3, -0.25) is 14.4 Å². The van der Waals surface area contributed by atoms with Crippen molar-refractivity contribution in [3.63, 3.8) is 0 Å². The van der Waals surface area contributed by atoms with E-state index in [1.165, 1.54) is 12.1 Å². The average molecular weight is 769 g/mol. The molecule has 2 N–H and O–H groups in total. The molecule has 2 fully saturated rings. The van der Waals surface area contributed by atoms with E-state index in [1.807, 2.05) is 0 Å². The highest BCUT2D eigenvalue weighted by Gasteiger charge is 2.44. The van der Waals surface area contributed by atoms with Crippen molar-refractivity contribution in [1.82, 2.24) is 10.6 Å². The summed E-state index contributed by atoms with van der Waals surface area (Å²) < 4.78 is 79.9. The monoisotopic (exact) mass is 768 g/mol. The van der Waals surface area contributed by atoms with E-state index in [2.05, 4.69) is 10.6 Å². The van der Waals surface area contributed by atoms with E-state index >= 15 is 0 Å². The van der Waals surface area contributed by atoms with Crippen molar-refractivity contribution >= 4 is 30.1 Å². The number of alkyl carbamates (subject to hydrolysis) is 2. The molecule has 2 aliphatic heterocycles. The number of rotatable bonds is 10. The highest BCUT2D eigenvalue weighted by molar-refractivity contribution is 5.96. The van der Waals surface area contributed by atoms with E-state index < -0.39 is 88.8 Å². The number of esters is 3. The standard InChI is InChI=1S/C20H25F2NO6.C18H23F2NO4/c1-5-27-17(24)14-10-16(28-18(14)25)15(23-19(26)29-20(2,3)4)8-11-6-12(21)9-13(22)7-11;1-10-5-15(24-16(10)22)14(21-17(23)25-18(2,3)4)8-11-6-12(19)9-13(20)7-11/h6-7,9,14-16H,5,8,10H2,1-4H3,(H,23,26);6-7,9-10,14-15H,5,8H2,1-4H3,(H,21,23)/t14?,15-,16-;10-,14-,15-/m00/s1. The minimum absolute atomic E-state index is 0.0318. The zero-order chi connectivity index (χ0) is 40.5. The molecule has 6 atom stereocenters. The van der Waals surface area contributed by atoms with E-state index in [0.717, 1.165) is 24.3 Å². The molecule has 0 saturated carbocycles. The predicted octanol–water partition coefficient (Wildman–Crippen LogP) is 6.25. The van der Waals surface area contributed by atoms with Gasteiger partial charge < -0.3 is 34.3 Å². The third-order valence-electron chi connectivity index (χ3n) is 7.90. The molecule has 2 amide bonds. The number of nitrogens with one attached hydrogen (secondary N) is 2. The fourth-order valence-corrected chi connectivity index (χ4v) is 5.73. The van der Waals surface area contributed by atoms with Crippen LogP contribution in [0.3, 0.4) is 0 Å². The number of ether oxygens (including phenoxy) is 5. The molecule has 2 aromatic carbocycles. The van der Waals surface area contributed by atoms with Gasteiger partial charge in [-0.05, 0) is 103 Å². The van der Waals surface area contributed by atoms with Gasteiger partial charge in [-0.2, -0.15) is 0 Å². The molecule has 2 aromatic rings. The fraction of sp³-hybridized carbons (Fsp3) is 0.553. The molecule has 12 nitrogen and oxygen atoms in total. The summed E-state index contributed by atoms with van der Waals surface area (Å²) in [6.45, 7) is 13.6. The van der Waals surface area contributed by atoms with Crippen LogP contribution in [-0.4, -0.2) is 72.2 Å². The molecule has 0 aromatic heterocycles. The summed E-state index contributed by atoms with van der Waals surface area (Å²) in [5, 5.41) is 5.24. The number of carbonyl (C=O) groups is 5. The van der Waals surface area contributed by atoms with Crippen LogP contribution in [-0.2, 0) is 50.9 Å². The first-order valence-corrected chi connectivity index (χ1v) is 17.5. The summed E-state index contributed by atoms with van der Waals surface area (Å²) in [5.41, 5.74) is -0.869. The average Bonchev–Trinajstić information content (AvgIpc) is 3.55. The molecule has 2 heterocycles. The van der Waals surface area contributed by atoms with E-state index in [1.54, 1.807) is 55.4 Å². The largest absolute Gasteiger partial charge is 0.465 e. The maximum absolute atomic E-state index is 13.6. The minimum Gasteiger partial charge on any atom is -0.465 e. The van der Waals surface area contributed by atoms with Crippen molar-refractivity contribution < 1.29 is 65.2 Å². The Balaban J connectivity index is 0.000000294. The van der Waals surface area contributed by atoms with Gasteiger partial charge in [0.2, 0.25) is 0 Å². The van der Waals surface area contributed by atoms with Crippen LogP contribution in [0.4, 0.5) is 27.2 Å². The molecule has 0 aliphatic carbocycles. The summed E-state index contributed by atoms with van der Waals surface area (Å²) in [4.78, 5) is 60.0. The Kier molecular flexibility index (Phi) is 14.9. The van der Waals surface area contributed by atoms with Crippen molar-refractivity contribution in [3.8, 4) is 0 Å². The molecule has 2 aliphatic rings. The minimum atomic E-state index is -1.12. The van der Waals surface area contributed by atoms with Gasteiger partial charge in [0.15, 0.2) is 5.92 Å². The summed E-state index contributed by atoms with van der Waals surface area (Å²) in [6, 6.07) is 4.60. The number of benzene rings is 2. The fourth-order valence-electron chi connectivity index (χ4n) is 5.73. The quantitative estimate of drug-likeness (QED) is 0.123. The molecule has 0 radical (unpaired) electrons. The lowest BCUT2D eigenvalue weighted by molar-refractivity contribution is -0.156. The predicted molar refractivity (Wildman–Crippen MR) is 185 cm³/mol. The van der Waals surface area contributed by atoms with Gasteiger partial charge in [-0.25, -0.2) is 27.2 Å². The van der Waals surface area contributed by atoms with E-state index in [9.17, 15) is 41.5 Å². The third kappa shape index (κ3) is 14.2. The normalized spacial score (nSPS) is 20.7. The van der Waals surface area contributed by atoms with Gasteiger partial charge in [0.25, 0.3) is 0 Å². The van der Waals surface area contributed by atoms with Crippen LogP contribution < -0.4 is 10.6 Å². The van der Waals surface area contributed by atoms with Crippen molar-refractivity contribution in [3.05, 3.63) is 70.8 Å². The van der Waals surface area contributed by atoms with Crippen LogP contribution in [0.25, 0.3) is 0 Å². The van der Waals surface area contributed by atoms with Gasteiger partial charge in [0.05, 0.1) is 24.6 Å². The van der Waals surface area contributed by atoms with Crippen molar-refractivity contribution in [2.24, 2.45) is 11.8 Å². The molecule has 4 rings (SSSR count). The molecule has 16 heteroatoms. The molecular weight excluding hydrogens is 720 g/mol. The highest BCUT2D eigenvalue weighted by Crippen LogP contribution is 2.28. The second-order valence-electron chi connectivity index (χ2n) is 15.1. The second kappa shape index (κ2) is 18.4. The maximum Gasteiger partial charge on any atom is 0.408 e. The van der Waals surface area contributed by atoms with Gasteiger partial charge in [0, 0.05) is 18.6 Å². The smallest absolute Gasteiger partial charge is 0.408 e. The first-order chi connectivity index (χ1) is 25.0. The van der Waals surface area contributed by atoms with Gasteiger partial charge in [-0.1, -0.05) is 6.92 Å². The Morgan fingerprint density at radius 3 is 1.44 bits per heavy atom. The number of amides is 2. The molecule has 2 saturated heterocycles. The van der Waals surface area contributed by atoms with Gasteiger partial charge in [0.1, 0.15) is 46.7 Å². The summed E-state index contributed by atoms with van der Waals surface area (Å²) in [7, 11) is 0. The summed E-state index contributed by atoms with van der Waals surface area (Å²) in [5.74, 6) is -6.21. The molecule has 1 unspecified atom stereocenters. The van der Waals surface area contributed by atoms with Crippen LogP contribution in [0.15, 0.2) is 36.4 Å². The van der Waals surface area contributed by atoms with Crippen LogP contribution in [0.5, 0.6) is 0 Å². The second-order valence-corrected chi connectivity index (χ2v) is 15.1. The zero-order valence-electron chi connectivity index (χ0n) is 31.6. The van der Waals surface area contributed by atoms with E-state index in [0.29, 0.717) is 12.0 Å². The molecule has 0 spiro atoms. The molecular formula is C38H48F4N2O10. The lowest BCUT2D eigenvalue weighted by Crippen LogP contribution is -2.46. The van der Waals surface area contributed by atoms with E-state index in [4.69, 9.17) is 23.7 Å². The Bertz CT molecular complexity index is 1640. The zero-order valence-corrected chi connectivity index (χ0v) is 31.6. The first-order valence-electron chi connectivity index (χ1n) is 17.5. The first kappa shape index (κ1) is 43.5. The summed E-state index contributed by atoms with van der Waals surface area (Å²) in [6.07, 6.45) is -2.48. The van der Waals surface area contributed by atoms with Crippen molar-refractivity contribution in [2.45, 2.75) is 117 Å². The Hall–Kier alpha value is -4.89. The van der Waals surface area contributed by atoms with Crippen LogP contribution in [0.2, 0.25) is 0 Å².